The molecule has 2 aromatic rings. The molecule has 2 rings (SSSR count). The van der Waals surface area contributed by atoms with Crippen LogP contribution < -0.4 is 0 Å². The summed E-state index contributed by atoms with van der Waals surface area (Å²) >= 11 is 0. The zero-order valence-corrected chi connectivity index (χ0v) is 18.3. The molecule has 0 amide bonds. The number of esters is 2. The summed E-state index contributed by atoms with van der Waals surface area (Å²) < 4.78 is 10.7. The molecule has 0 N–H and O–H groups in total. The first-order chi connectivity index (χ1) is 14.6. The minimum atomic E-state index is -0.234. The third-order valence-electron chi connectivity index (χ3n) is 5.01. The maximum absolute atomic E-state index is 11.9. The number of carbonyl (C=O) groups is 2. The molecule has 0 fully saturated rings. The van der Waals surface area contributed by atoms with Crippen LogP contribution in [-0.4, -0.2) is 25.2 Å². The van der Waals surface area contributed by atoms with Crippen molar-refractivity contribution in [3.63, 3.8) is 0 Å². The van der Waals surface area contributed by atoms with E-state index in [4.69, 9.17) is 9.47 Å². The van der Waals surface area contributed by atoms with Gasteiger partial charge in [0.25, 0.3) is 0 Å². The lowest BCUT2D eigenvalue weighted by molar-refractivity contribution is 0.0487. The Balaban J connectivity index is 1.40. The van der Waals surface area contributed by atoms with E-state index in [2.05, 4.69) is 0 Å². The highest BCUT2D eigenvalue weighted by Crippen LogP contribution is 2.11. The highest BCUT2D eigenvalue weighted by molar-refractivity contribution is 5.90. The first-order valence-electron chi connectivity index (χ1n) is 11.0. The van der Waals surface area contributed by atoms with Gasteiger partial charge in [0.1, 0.15) is 0 Å². The zero-order valence-electron chi connectivity index (χ0n) is 18.3. The number of carbonyl (C=O) groups excluding carboxylic acids is 2. The normalized spacial score (nSPS) is 10.6. The van der Waals surface area contributed by atoms with E-state index in [1.807, 2.05) is 50.2 Å². The van der Waals surface area contributed by atoms with Crippen LogP contribution in [0.2, 0.25) is 0 Å². The fraction of sp³-hybridized carbons (Fsp3) is 0.462. The van der Waals surface area contributed by atoms with Gasteiger partial charge < -0.3 is 9.47 Å². The van der Waals surface area contributed by atoms with Gasteiger partial charge in [0.15, 0.2) is 0 Å². The van der Waals surface area contributed by atoms with Crippen molar-refractivity contribution in [2.24, 2.45) is 0 Å². The summed E-state index contributed by atoms with van der Waals surface area (Å²) in [5, 5.41) is 0. The second-order valence-electron chi connectivity index (χ2n) is 7.84. The van der Waals surface area contributed by atoms with Crippen molar-refractivity contribution in [2.75, 3.05) is 13.2 Å². The Morgan fingerprint density at radius 3 is 1.33 bits per heavy atom. The van der Waals surface area contributed by atoms with Gasteiger partial charge in [0.2, 0.25) is 0 Å². The number of rotatable bonds is 13. The number of ether oxygens (including phenoxy) is 2. The van der Waals surface area contributed by atoms with E-state index in [1.165, 1.54) is 12.8 Å². The number of aryl methyl sites for hydroxylation is 2. The number of unbranched alkanes of at least 4 members (excludes halogenated alkanes) is 7. The summed E-state index contributed by atoms with van der Waals surface area (Å²) in [5.41, 5.74) is 3.38. The summed E-state index contributed by atoms with van der Waals surface area (Å²) in [6.07, 6.45) is 8.67. The topological polar surface area (TPSA) is 52.6 Å². The van der Waals surface area contributed by atoms with Crippen LogP contribution in [0.3, 0.4) is 0 Å². The fourth-order valence-electron chi connectivity index (χ4n) is 3.31. The lowest BCUT2D eigenvalue weighted by Gasteiger charge is -2.06. The second-order valence-corrected chi connectivity index (χ2v) is 7.84. The van der Waals surface area contributed by atoms with Crippen LogP contribution in [0.5, 0.6) is 0 Å². The summed E-state index contributed by atoms with van der Waals surface area (Å²) in [6, 6.07) is 15.0. The maximum atomic E-state index is 11.9. The molecular weight excluding hydrogens is 376 g/mol. The Hall–Kier alpha value is -2.62. The highest BCUT2D eigenvalue weighted by Gasteiger charge is 2.07. The molecule has 0 aromatic heterocycles. The third-order valence-corrected chi connectivity index (χ3v) is 5.01. The van der Waals surface area contributed by atoms with Crippen molar-refractivity contribution >= 4 is 11.9 Å². The number of hydrogen-bond acceptors (Lipinski definition) is 4. The first kappa shape index (κ1) is 23.7. The minimum absolute atomic E-state index is 0.234. The molecule has 0 bridgehead atoms. The molecule has 4 heteroatoms. The fourth-order valence-corrected chi connectivity index (χ4v) is 3.31. The molecule has 0 radical (unpaired) electrons. The van der Waals surface area contributed by atoms with Gasteiger partial charge in [-0.2, -0.15) is 0 Å². The average Bonchev–Trinajstić information content (AvgIpc) is 2.74. The molecule has 4 nitrogen and oxygen atoms in total. The Morgan fingerprint density at radius 1 is 0.600 bits per heavy atom. The largest absolute Gasteiger partial charge is 0.462 e. The number of hydrogen-bond donors (Lipinski definition) is 0. The smallest absolute Gasteiger partial charge is 0.338 e. The van der Waals surface area contributed by atoms with Crippen molar-refractivity contribution < 1.29 is 19.1 Å². The Kier molecular flexibility index (Phi) is 10.7. The lowest BCUT2D eigenvalue weighted by atomic mass is 10.1. The first-order valence-corrected chi connectivity index (χ1v) is 11.0. The van der Waals surface area contributed by atoms with E-state index >= 15 is 0 Å². The molecule has 0 saturated carbocycles. The number of benzene rings is 2. The van der Waals surface area contributed by atoms with E-state index in [9.17, 15) is 9.59 Å². The highest BCUT2D eigenvalue weighted by atomic mass is 16.5. The van der Waals surface area contributed by atoms with Crippen molar-refractivity contribution in [3.05, 3.63) is 70.8 Å². The van der Waals surface area contributed by atoms with E-state index in [1.54, 1.807) is 12.1 Å². The van der Waals surface area contributed by atoms with Gasteiger partial charge in [0, 0.05) is 0 Å². The van der Waals surface area contributed by atoms with Crippen molar-refractivity contribution in [1.29, 1.82) is 0 Å². The van der Waals surface area contributed by atoms with Gasteiger partial charge in [0.05, 0.1) is 24.3 Å². The molecule has 0 atom stereocenters. The summed E-state index contributed by atoms with van der Waals surface area (Å²) in [4.78, 5) is 23.9. The molecular formula is C26H34O4. The van der Waals surface area contributed by atoms with Crippen molar-refractivity contribution in [2.45, 2.75) is 65.2 Å². The van der Waals surface area contributed by atoms with Crippen LogP contribution >= 0.6 is 0 Å². The monoisotopic (exact) mass is 410 g/mol. The third kappa shape index (κ3) is 9.25. The molecule has 30 heavy (non-hydrogen) atoms. The molecule has 0 heterocycles. The van der Waals surface area contributed by atoms with Crippen LogP contribution in [0, 0.1) is 13.8 Å². The molecule has 162 valence electrons. The summed E-state index contributed by atoms with van der Waals surface area (Å²) in [7, 11) is 0. The van der Waals surface area contributed by atoms with Gasteiger partial charge >= 0.3 is 11.9 Å². The second kappa shape index (κ2) is 13.6. The quantitative estimate of drug-likeness (QED) is 0.282. The SMILES string of the molecule is Cc1cccc(C(=O)OCCCCCCCCCCOC(=O)c2cccc(C)c2)c1. The lowest BCUT2D eigenvalue weighted by Crippen LogP contribution is -2.06. The molecule has 0 unspecified atom stereocenters. The van der Waals surface area contributed by atoms with Gasteiger partial charge in [-0.15, -0.1) is 0 Å². The van der Waals surface area contributed by atoms with Crippen LogP contribution in [0.1, 0.15) is 83.2 Å². The molecule has 0 aliphatic carbocycles. The molecule has 0 aliphatic rings. The van der Waals surface area contributed by atoms with Gasteiger partial charge in [-0.3, -0.25) is 0 Å². The molecule has 0 aliphatic heterocycles. The zero-order chi connectivity index (χ0) is 21.6. The Bertz CT molecular complexity index is 730. The Morgan fingerprint density at radius 2 is 0.967 bits per heavy atom. The van der Waals surface area contributed by atoms with E-state index in [0.29, 0.717) is 24.3 Å². The van der Waals surface area contributed by atoms with E-state index in [0.717, 1.165) is 49.7 Å². The van der Waals surface area contributed by atoms with Crippen molar-refractivity contribution in [3.8, 4) is 0 Å². The minimum Gasteiger partial charge on any atom is -0.462 e. The predicted octanol–water partition coefficient (Wildman–Crippen LogP) is 6.44. The summed E-state index contributed by atoms with van der Waals surface area (Å²) in [6.45, 7) is 4.90. The predicted molar refractivity (Wildman–Crippen MR) is 120 cm³/mol. The van der Waals surface area contributed by atoms with E-state index < -0.39 is 0 Å². The van der Waals surface area contributed by atoms with Gasteiger partial charge in [-0.05, 0) is 51.0 Å². The standard InChI is InChI=1S/C26H34O4/c1-21-13-11-15-23(19-21)25(27)29-17-9-7-5-3-4-6-8-10-18-30-26(28)24-16-12-14-22(2)20-24/h11-16,19-20H,3-10,17-18H2,1-2H3. The molecule has 0 spiro atoms. The van der Waals surface area contributed by atoms with Gasteiger partial charge in [-0.1, -0.05) is 73.9 Å². The van der Waals surface area contributed by atoms with Crippen molar-refractivity contribution in [1.82, 2.24) is 0 Å². The van der Waals surface area contributed by atoms with E-state index in [-0.39, 0.29) is 11.9 Å². The van der Waals surface area contributed by atoms with Crippen LogP contribution in [0.4, 0.5) is 0 Å². The van der Waals surface area contributed by atoms with Gasteiger partial charge in [-0.25, -0.2) is 9.59 Å². The summed E-state index contributed by atoms with van der Waals surface area (Å²) in [5.74, 6) is -0.469. The van der Waals surface area contributed by atoms with Crippen LogP contribution in [-0.2, 0) is 9.47 Å². The average molecular weight is 411 g/mol. The molecule has 0 saturated heterocycles. The Labute approximate surface area is 180 Å². The maximum Gasteiger partial charge on any atom is 0.338 e. The van der Waals surface area contributed by atoms with Crippen LogP contribution in [0.25, 0.3) is 0 Å². The molecule has 2 aromatic carbocycles. The van der Waals surface area contributed by atoms with Crippen LogP contribution in [0.15, 0.2) is 48.5 Å².